The Labute approximate surface area is 349 Å². The number of pyridine rings is 2. The van der Waals surface area contributed by atoms with Crippen molar-refractivity contribution in [3.05, 3.63) is 107 Å². The number of anilines is 2. The summed E-state index contributed by atoms with van der Waals surface area (Å²) in [5.74, 6) is -1.57. The topological polar surface area (TPSA) is 124 Å². The molecule has 5 N–H and O–H groups in total. The average molecular weight is 796 g/mol. The van der Waals surface area contributed by atoms with Crippen LogP contribution >= 0.6 is 0 Å². The van der Waals surface area contributed by atoms with Gasteiger partial charge in [0.1, 0.15) is 0 Å². The minimum atomic E-state index is -0.711. The number of rotatable bonds is 29. The molecule has 0 saturated carbocycles. The van der Waals surface area contributed by atoms with E-state index in [1.807, 2.05) is 88.5 Å². The minimum absolute atomic E-state index is 0.318. The zero-order valence-corrected chi connectivity index (χ0v) is 35.7. The van der Waals surface area contributed by atoms with Gasteiger partial charge >= 0.3 is 11.9 Å². The fourth-order valence-electron chi connectivity index (χ4n) is 7.70. The maximum Gasteiger partial charge on any atom is 0.337 e. The largest absolute Gasteiger partial charge is 0.462 e. The Morgan fingerprint density at radius 1 is 0.517 bits per heavy atom. The Bertz CT molecular complexity index is 1580. The van der Waals surface area contributed by atoms with Crippen LogP contribution in [0.1, 0.15) is 154 Å². The summed E-state index contributed by atoms with van der Waals surface area (Å²) >= 11 is 0. The van der Waals surface area contributed by atoms with Crippen LogP contribution in [0.5, 0.6) is 0 Å². The second kappa shape index (κ2) is 27.1. The molecule has 1 aliphatic heterocycles. The van der Waals surface area contributed by atoms with Crippen LogP contribution in [-0.2, 0) is 32.2 Å². The van der Waals surface area contributed by atoms with E-state index < -0.39 is 17.9 Å². The molecule has 0 amide bonds. The third kappa shape index (κ3) is 16.3. The van der Waals surface area contributed by atoms with Gasteiger partial charge in [-0.05, 0) is 18.4 Å². The molecule has 0 aliphatic carbocycles. The molecule has 9 nitrogen and oxygen atoms in total. The van der Waals surface area contributed by atoms with E-state index in [9.17, 15) is 9.59 Å². The summed E-state index contributed by atoms with van der Waals surface area (Å²) in [6.45, 7) is 5.81. The maximum absolute atomic E-state index is 14.5. The van der Waals surface area contributed by atoms with Gasteiger partial charge in [0.05, 0.1) is 41.7 Å². The van der Waals surface area contributed by atoms with Crippen molar-refractivity contribution < 1.29 is 28.2 Å². The highest BCUT2D eigenvalue weighted by molar-refractivity contribution is 6.00. The lowest BCUT2D eigenvalue weighted by Gasteiger charge is -2.31. The highest BCUT2D eigenvalue weighted by Gasteiger charge is 2.42. The zero-order valence-electron chi connectivity index (χ0n) is 35.7. The van der Waals surface area contributed by atoms with E-state index in [0.717, 1.165) is 44.1 Å². The number of hydrogen-bond acceptors (Lipinski definition) is 7. The molecule has 3 heterocycles. The smallest absolute Gasteiger partial charge is 0.337 e. The molecule has 3 aromatic rings. The van der Waals surface area contributed by atoms with E-state index in [0.29, 0.717) is 60.2 Å². The van der Waals surface area contributed by atoms with E-state index in [2.05, 4.69) is 19.2 Å². The lowest BCUT2D eigenvalue weighted by molar-refractivity contribution is -0.691. The first-order valence-electron chi connectivity index (χ1n) is 22.5. The van der Waals surface area contributed by atoms with E-state index in [4.69, 9.17) is 20.9 Å². The van der Waals surface area contributed by atoms with E-state index in [1.165, 1.54) is 89.9 Å². The van der Waals surface area contributed by atoms with E-state index in [1.54, 1.807) is 0 Å². The summed E-state index contributed by atoms with van der Waals surface area (Å²) in [7, 11) is 0. The van der Waals surface area contributed by atoms with Crippen LogP contribution in [0.15, 0.2) is 102 Å². The van der Waals surface area contributed by atoms with E-state index >= 15 is 0 Å². The van der Waals surface area contributed by atoms with Gasteiger partial charge in [0, 0.05) is 35.6 Å². The van der Waals surface area contributed by atoms with Crippen LogP contribution < -0.4 is 25.9 Å². The molecule has 58 heavy (non-hydrogen) atoms. The number of nitrogen functional groups attached to an aromatic ring is 2. The predicted molar refractivity (Wildman–Crippen MR) is 234 cm³/mol. The maximum atomic E-state index is 14.5. The van der Waals surface area contributed by atoms with Gasteiger partial charge in [-0.1, -0.05) is 160 Å². The number of benzene rings is 1. The van der Waals surface area contributed by atoms with Crippen LogP contribution in [0.2, 0.25) is 0 Å². The summed E-state index contributed by atoms with van der Waals surface area (Å²) in [4.78, 5) is 29.0. The number of unbranched alkanes of at least 4 members (excludes halogenated alkanes) is 18. The van der Waals surface area contributed by atoms with Crippen molar-refractivity contribution in [3.8, 4) is 0 Å². The van der Waals surface area contributed by atoms with Crippen LogP contribution in [0.4, 0.5) is 11.4 Å². The molecule has 0 saturated heterocycles. The molecule has 0 radical (unpaired) electrons. The van der Waals surface area contributed by atoms with Gasteiger partial charge in [0.25, 0.3) is 0 Å². The first kappa shape index (κ1) is 46.0. The fourth-order valence-corrected chi connectivity index (χ4v) is 7.70. The number of esters is 2. The summed E-state index contributed by atoms with van der Waals surface area (Å²) in [5.41, 5.74) is 16.4. The Kier molecular flexibility index (Phi) is 21.5. The predicted octanol–water partition coefficient (Wildman–Crippen LogP) is 9.95. The molecule has 1 aromatic carbocycles. The number of hydrogen-bond donors (Lipinski definition) is 3. The van der Waals surface area contributed by atoms with Crippen molar-refractivity contribution in [2.45, 2.75) is 161 Å². The van der Waals surface area contributed by atoms with Crippen LogP contribution in [0.25, 0.3) is 0 Å². The Hall–Kier alpha value is -4.66. The normalized spacial score (nSPS) is 13.1. The zero-order chi connectivity index (χ0) is 41.2. The molecule has 2 aromatic heterocycles. The minimum Gasteiger partial charge on any atom is -0.462 e. The van der Waals surface area contributed by atoms with Crippen molar-refractivity contribution in [1.29, 1.82) is 0 Å². The molecule has 1 aliphatic rings. The second-order valence-corrected chi connectivity index (χ2v) is 16.0. The van der Waals surface area contributed by atoms with Crippen molar-refractivity contribution in [3.63, 3.8) is 0 Å². The molecule has 9 heteroatoms. The summed E-state index contributed by atoms with van der Waals surface area (Å²) in [6, 6.07) is 17.1. The fraction of sp³-hybridized carbons (Fsp3) is 0.551. The lowest BCUT2D eigenvalue weighted by atomic mass is 9.80. The van der Waals surface area contributed by atoms with Gasteiger partial charge in [0.2, 0.25) is 0 Å². The number of carbonyl (C=O) groups is 2. The monoisotopic (exact) mass is 796 g/mol. The first-order valence-corrected chi connectivity index (χ1v) is 22.5. The first-order chi connectivity index (χ1) is 28.4. The Morgan fingerprint density at radius 3 is 1.22 bits per heavy atom. The van der Waals surface area contributed by atoms with Crippen LogP contribution in [0.3, 0.4) is 0 Å². The highest BCUT2D eigenvalue weighted by atomic mass is 16.5. The SMILES string of the molecule is CCCCCCCCCCCCOC(=O)C1=C(C[n+]2ccc(N)cc2)NC(C[n+]2ccc(N)cc2)=C(C(=O)OCCCCCCCCCCCC)C1c1ccccc1. The molecular weight excluding hydrogens is 723 g/mol. The number of dihydropyridines is 1. The molecule has 0 fully saturated rings. The van der Waals surface area contributed by atoms with Crippen LogP contribution in [0, 0.1) is 0 Å². The van der Waals surface area contributed by atoms with E-state index in [-0.39, 0.29) is 0 Å². The van der Waals surface area contributed by atoms with Crippen molar-refractivity contribution in [2.75, 3.05) is 24.7 Å². The van der Waals surface area contributed by atoms with Gasteiger partial charge in [-0.15, -0.1) is 0 Å². The lowest BCUT2D eigenvalue weighted by Crippen LogP contribution is -2.45. The number of nitrogens with zero attached hydrogens (tertiary/aromatic N) is 2. The van der Waals surface area contributed by atoms with Crippen molar-refractivity contribution in [2.24, 2.45) is 0 Å². The summed E-state index contributed by atoms with van der Waals surface area (Å²) in [5, 5.41) is 3.58. The Morgan fingerprint density at radius 2 is 0.862 bits per heavy atom. The summed E-state index contributed by atoms with van der Waals surface area (Å²) < 4.78 is 16.1. The van der Waals surface area contributed by atoms with Crippen LogP contribution in [-0.4, -0.2) is 25.2 Å². The number of allylic oxidation sites excluding steroid dienone is 2. The van der Waals surface area contributed by atoms with Gasteiger partial charge in [-0.25, -0.2) is 9.59 Å². The highest BCUT2D eigenvalue weighted by Crippen LogP contribution is 2.40. The number of nitrogens with one attached hydrogen (secondary N) is 1. The van der Waals surface area contributed by atoms with Crippen molar-refractivity contribution >= 4 is 23.3 Å². The molecule has 4 rings (SSSR count). The third-order valence-electron chi connectivity index (χ3n) is 11.1. The second-order valence-electron chi connectivity index (χ2n) is 16.0. The molecule has 0 spiro atoms. The number of ether oxygens (including phenoxy) is 2. The summed E-state index contributed by atoms with van der Waals surface area (Å²) in [6.07, 6.45) is 31.4. The Balaban J connectivity index is 1.56. The molecule has 0 unspecified atom stereocenters. The van der Waals surface area contributed by atoms with Gasteiger partial charge < -0.3 is 26.3 Å². The van der Waals surface area contributed by atoms with Gasteiger partial charge in [0.15, 0.2) is 37.9 Å². The molecule has 316 valence electrons. The number of carbonyl (C=O) groups excluding carboxylic acids is 2. The molecular formula is C49H73N5O4+2. The standard InChI is InChI=1S/C49H71N5O4/c1-3-5-7-9-11-13-15-17-19-24-36-57-48(55)46-43(38-53-32-28-41(50)29-33-53)52-44(39-54-34-30-42(51)31-35-54)47(45(46)40-26-22-21-23-27-40)49(56)58-37-25-20-18-16-14-12-10-8-6-4-2/h21-23,26-35,45,50-51H,3-20,24-25,36-39H2,1-2H3,(H,52,55,56)/p+2. The molecule has 0 bridgehead atoms. The quantitative estimate of drug-likeness (QED) is 0.0363. The van der Waals surface area contributed by atoms with Crippen molar-refractivity contribution in [1.82, 2.24) is 5.32 Å². The average Bonchev–Trinajstić information content (AvgIpc) is 3.23. The molecule has 0 atom stereocenters. The van der Waals surface area contributed by atoms with Gasteiger partial charge in [-0.3, -0.25) is 0 Å². The number of aromatic nitrogens is 2. The van der Waals surface area contributed by atoms with Gasteiger partial charge in [-0.2, -0.15) is 9.13 Å². The number of nitrogens with two attached hydrogens (primary N) is 2. The third-order valence-corrected chi connectivity index (χ3v) is 11.1.